The fourth-order valence-electron chi connectivity index (χ4n) is 4.76. The van der Waals surface area contributed by atoms with Crippen LogP contribution in [-0.4, -0.2) is 36.6 Å². The molecular formula is C23H24N2O4. The topological polar surface area (TPSA) is 63.8 Å². The normalized spacial score (nSPS) is 18.0. The first-order valence-corrected chi connectivity index (χ1v) is 9.88. The van der Waals surface area contributed by atoms with Crippen molar-refractivity contribution < 1.29 is 19.0 Å². The Labute approximate surface area is 169 Å². The lowest BCUT2D eigenvalue weighted by atomic mass is 9.85. The molecule has 29 heavy (non-hydrogen) atoms. The quantitative estimate of drug-likeness (QED) is 0.543. The first kappa shape index (κ1) is 18.1. The highest BCUT2D eigenvalue weighted by molar-refractivity contribution is 5.86. The zero-order valence-electron chi connectivity index (χ0n) is 16.9. The van der Waals surface area contributed by atoms with Crippen molar-refractivity contribution in [1.82, 2.24) is 9.88 Å². The van der Waals surface area contributed by atoms with Crippen LogP contribution in [0.25, 0.3) is 10.9 Å². The van der Waals surface area contributed by atoms with Crippen LogP contribution < -0.4 is 14.2 Å². The zero-order valence-corrected chi connectivity index (χ0v) is 16.9. The molecule has 1 N–H and O–H groups in total. The van der Waals surface area contributed by atoms with Crippen LogP contribution in [0, 0.1) is 0 Å². The van der Waals surface area contributed by atoms with E-state index in [0.29, 0.717) is 11.5 Å². The lowest BCUT2D eigenvalue weighted by molar-refractivity contribution is -0.132. The number of nitrogens with zero attached hydrogens (tertiary/aromatic N) is 1. The Morgan fingerprint density at radius 1 is 1.14 bits per heavy atom. The molecule has 2 aliphatic rings. The van der Waals surface area contributed by atoms with Crippen LogP contribution >= 0.6 is 0 Å². The number of methoxy groups -OCH3 is 2. The maximum atomic E-state index is 11.6. The molecule has 3 heterocycles. The average Bonchev–Trinajstić information content (AvgIpc) is 3.08. The van der Waals surface area contributed by atoms with Crippen LogP contribution in [0.3, 0.4) is 0 Å². The summed E-state index contributed by atoms with van der Waals surface area (Å²) in [6, 6.07) is 10.5. The monoisotopic (exact) mass is 392 g/mol. The third-order valence-corrected chi connectivity index (χ3v) is 6.11. The van der Waals surface area contributed by atoms with E-state index >= 15 is 0 Å². The predicted molar refractivity (Wildman–Crippen MR) is 110 cm³/mol. The molecule has 0 amide bonds. The summed E-state index contributed by atoms with van der Waals surface area (Å²) in [6.07, 6.45) is 1.85. The van der Waals surface area contributed by atoms with E-state index in [2.05, 4.69) is 22.0 Å². The van der Waals surface area contributed by atoms with Gasteiger partial charge in [-0.2, -0.15) is 0 Å². The molecule has 2 aliphatic heterocycles. The van der Waals surface area contributed by atoms with Gasteiger partial charge in [-0.05, 0) is 59.9 Å². The number of carbonyl (C=O) groups excluding carboxylic acids is 1. The highest BCUT2D eigenvalue weighted by Crippen LogP contribution is 2.44. The van der Waals surface area contributed by atoms with Crippen molar-refractivity contribution in [2.75, 3.05) is 20.8 Å². The number of esters is 1. The minimum Gasteiger partial charge on any atom is -0.497 e. The van der Waals surface area contributed by atoms with E-state index in [-0.39, 0.29) is 12.0 Å². The van der Waals surface area contributed by atoms with E-state index in [4.69, 9.17) is 14.2 Å². The molecule has 0 saturated carbocycles. The molecule has 1 atom stereocenters. The van der Waals surface area contributed by atoms with Crippen LogP contribution in [-0.2, 0) is 24.2 Å². The number of fused-ring (bicyclic) bond motifs is 6. The van der Waals surface area contributed by atoms with Crippen LogP contribution in [0.2, 0.25) is 0 Å². The standard InChI is InChI=1S/C23H24N2O4/c1-13(26)29-23-11-16-14(8-22(23)28-3)6-7-25-12-20-18(10-21(16)25)17-9-15(27-2)4-5-19(17)24-20/h4-5,8-9,11,21,24H,6-7,10,12H2,1-3H3/t21-/m0/s1. The summed E-state index contributed by atoms with van der Waals surface area (Å²) in [5, 5.41) is 1.22. The molecule has 0 fully saturated rings. The number of hydrogen-bond donors (Lipinski definition) is 1. The van der Waals surface area contributed by atoms with Gasteiger partial charge in [-0.25, -0.2) is 0 Å². The minimum absolute atomic E-state index is 0.247. The highest BCUT2D eigenvalue weighted by atomic mass is 16.6. The number of nitrogens with one attached hydrogen (secondary N) is 1. The van der Waals surface area contributed by atoms with E-state index in [1.165, 1.54) is 34.7 Å². The molecule has 2 aromatic carbocycles. The Morgan fingerprint density at radius 3 is 2.76 bits per heavy atom. The van der Waals surface area contributed by atoms with Crippen LogP contribution in [0.4, 0.5) is 0 Å². The summed E-state index contributed by atoms with van der Waals surface area (Å²) in [4.78, 5) is 17.7. The maximum Gasteiger partial charge on any atom is 0.308 e. The van der Waals surface area contributed by atoms with E-state index in [1.54, 1.807) is 14.2 Å². The van der Waals surface area contributed by atoms with Crippen molar-refractivity contribution in [3.8, 4) is 17.2 Å². The molecular weight excluding hydrogens is 368 g/mol. The summed E-state index contributed by atoms with van der Waals surface area (Å²) >= 11 is 0. The van der Waals surface area contributed by atoms with Crippen molar-refractivity contribution in [2.45, 2.75) is 32.4 Å². The number of aromatic nitrogens is 1. The number of benzene rings is 2. The fraction of sp³-hybridized carbons (Fsp3) is 0.348. The molecule has 0 radical (unpaired) electrons. The van der Waals surface area contributed by atoms with Gasteiger partial charge < -0.3 is 19.2 Å². The molecule has 0 spiro atoms. The Kier molecular flexibility index (Phi) is 4.24. The molecule has 1 aromatic heterocycles. The van der Waals surface area contributed by atoms with Crippen molar-refractivity contribution in [3.63, 3.8) is 0 Å². The summed E-state index contributed by atoms with van der Waals surface area (Å²) in [5.41, 5.74) is 6.25. The van der Waals surface area contributed by atoms with E-state index in [9.17, 15) is 4.79 Å². The fourth-order valence-corrected chi connectivity index (χ4v) is 4.76. The first-order valence-electron chi connectivity index (χ1n) is 9.88. The largest absolute Gasteiger partial charge is 0.497 e. The lowest BCUT2D eigenvalue weighted by Gasteiger charge is -2.40. The molecule has 5 rings (SSSR count). The second-order valence-electron chi connectivity index (χ2n) is 7.73. The van der Waals surface area contributed by atoms with E-state index in [0.717, 1.165) is 37.2 Å². The van der Waals surface area contributed by atoms with E-state index in [1.807, 2.05) is 18.2 Å². The van der Waals surface area contributed by atoms with Gasteiger partial charge in [0.05, 0.1) is 14.2 Å². The highest BCUT2D eigenvalue weighted by Gasteiger charge is 2.35. The van der Waals surface area contributed by atoms with Gasteiger partial charge in [0.1, 0.15) is 5.75 Å². The van der Waals surface area contributed by atoms with Crippen LogP contribution in [0.5, 0.6) is 17.2 Å². The molecule has 0 unspecified atom stereocenters. The van der Waals surface area contributed by atoms with Gasteiger partial charge in [0.25, 0.3) is 0 Å². The van der Waals surface area contributed by atoms with Crippen molar-refractivity contribution in [3.05, 3.63) is 52.7 Å². The number of carbonyl (C=O) groups is 1. The zero-order chi connectivity index (χ0) is 20.1. The van der Waals surface area contributed by atoms with Gasteiger partial charge in [-0.3, -0.25) is 9.69 Å². The smallest absolute Gasteiger partial charge is 0.308 e. The summed E-state index contributed by atoms with van der Waals surface area (Å²) in [7, 11) is 3.30. The van der Waals surface area contributed by atoms with Gasteiger partial charge in [0.2, 0.25) is 0 Å². The molecule has 0 saturated heterocycles. The van der Waals surface area contributed by atoms with Crippen molar-refractivity contribution in [1.29, 1.82) is 0 Å². The number of hydrogen-bond acceptors (Lipinski definition) is 5. The summed E-state index contributed by atoms with van der Waals surface area (Å²) in [5.74, 6) is 1.63. The Bertz CT molecular complexity index is 1120. The maximum absolute atomic E-state index is 11.6. The van der Waals surface area contributed by atoms with Crippen molar-refractivity contribution in [2.24, 2.45) is 0 Å². The molecule has 3 aromatic rings. The molecule has 6 heteroatoms. The molecule has 0 aliphatic carbocycles. The predicted octanol–water partition coefficient (Wildman–Crippen LogP) is 3.77. The van der Waals surface area contributed by atoms with Crippen molar-refractivity contribution >= 4 is 16.9 Å². The Balaban J connectivity index is 1.59. The average molecular weight is 392 g/mol. The number of H-pyrrole nitrogens is 1. The number of aromatic amines is 1. The summed E-state index contributed by atoms with van der Waals surface area (Å²) in [6.45, 7) is 3.29. The van der Waals surface area contributed by atoms with Crippen LogP contribution in [0.1, 0.15) is 35.3 Å². The van der Waals surface area contributed by atoms with Gasteiger partial charge in [0.15, 0.2) is 11.5 Å². The van der Waals surface area contributed by atoms with Gasteiger partial charge in [-0.15, -0.1) is 0 Å². The van der Waals surface area contributed by atoms with Gasteiger partial charge in [0, 0.05) is 42.7 Å². The second kappa shape index (κ2) is 6.81. The van der Waals surface area contributed by atoms with E-state index < -0.39 is 0 Å². The molecule has 6 nitrogen and oxygen atoms in total. The first-order chi connectivity index (χ1) is 14.1. The Hall–Kier alpha value is -2.99. The third kappa shape index (κ3) is 2.95. The number of ether oxygens (including phenoxy) is 3. The third-order valence-electron chi connectivity index (χ3n) is 6.11. The summed E-state index contributed by atoms with van der Waals surface area (Å²) < 4.78 is 16.3. The Morgan fingerprint density at radius 2 is 2.00 bits per heavy atom. The van der Waals surface area contributed by atoms with Gasteiger partial charge in [-0.1, -0.05) is 0 Å². The van der Waals surface area contributed by atoms with Gasteiger partial charge >= 0.3 is 5.97 Å². The molecule has 150 valence electrons. The molecule has 0 bridgehead atoms. The lowest BCUT2D eigenvalue weighted by Crippen LogP contribution is -2.39. The number of rotatable bonds is 3. The minimum atomic E-state index is -0.342. The second-order valence-corrected chi connectivity index (χ2v) is 7.73. The SMILES string of the molecule is COc1ccc2[nH]c3c(c2c1)C[C@H]1c2cc(OC(C)=O)c(OC)cc2CCN1C3. The van der Waals surface area contributed by atoms with Crippen LogP contribution in [0.15, 0.2) is 30.3 Å².